The molecule has 3 heteroatoms. The Morgan fingerprint density at radius 2 is 2.21 bits per heavy atom. The van der Waals surface area contributed by atoms with Crippen molar-refractivity contribution < 1.29 is 0 Å². The van der Waals surface area contributed by atoms with Crippen LogP contribution in [0.2, 0.25) is 5.02 Å². The normalized spacial score (nSPS) is 15.7. The van der Waals surface area contributed by atoms with Gasteiger partial charge in [0.05, 0.1) is 16.3 Å². The van der Waals surface area contributed by atoms with Gasteiger partial charge >= 0.3 is 0 Å². The first-order chi connectivity index (χ1) is 6.81. The van der Waals surface area contributed by atoms with Gasteiger partial charge in [0.25, 0.3) is 0 Å². The number of halogens is 1. The predicted octanol–water partition coefficient (Wildman–Crippen LogP) is 3.18. The number of anilines is 1. The smallest absolute Gasteiger partial charge is 0.103 e. The summed E-state index contributed by atoms with van der Waals surface area (Å²) >= 11 is 5.91. The third kappa shape index (κ3) is 1.69. The molecule has 1 aliphatic carbocycles. The molecule has 2 nitrogen and oxygen atoms in total. The van der Waals surface area contributed by atoms with Crippen LogP contribution in [0, 0.1) is 11.3 Å². The average molecular weight is 207 g/mol. The van der Waals surface area contributed by atoms with Gasteiger partial charge in [-0.2, -0.15) is 5.26 Å². The van der Waals surface area contributed by atoms with E-state index in [1.54, 1.807) is 6.07 Å². The van der Waals surface area contributed by atoms with E-state index in [2.05, 4.69) is 11.4 Å². The standard InChI is InChI=1S/C11H11ClN2/c12-10-5-2-6-11(9(10)7-13)14-8-3-1-4-8/h2,5-6,8,14H,1,3-4H2. The van der Waals surface area contributed by atoms with Crippen LogP contribution in [0.15, 0.2) is 18.2 Å². The van der Waals surface area contributed by atoms with E-state index in [1.807, 2.05) is 12.1 Å². The highest BCUT2D eigenvalue weighted by Gasteiger charge is 2.18. The Kier molecular flexibility index (Phi) is 2.60. The first-order valence-electron chi connectivity index (χ1n) is 4.76. The minimum Gasteiger partial charge on any atom is -0.381 e. The molecular formula is C11H11ClN2. The number of nitriles is 1. The molecule has 1 saturated carbocycles. The van der Waals surface area contributed by atoms with Crippen LogP contribution < -0.4 is 5.32 Å². The van der Waals surface area contributed by atoms with Gasteiger partial charge < -0.3 is 5.32 Å². The summed E-state index contributed by atoms with van der Waals surface area (Å²) in [6.45, 7) is 0. The van der Waals surface area contributed by atoms with Crippen LogP contribution in [0.5, 0.6) is 0 Å². The highest BCUT2D eigenvalue weighted by Crippen LogP contribution is 2.28. The summed E-state index contributed by atoms with van der Waals surface area (Å²) in [5.41, 5.74) is 1.42. The number of nitrogens with one attached hydrogen (secondary N) is 1. The van der Waals surface area contributed by atoms with E-state index < -0.39 is 0 Å². The fourth-order valence-electron chi connectivity index (χ4n) is 1.53. The maximum Gasteiger partial charge on any atom is 0.103 e. The number of hydrogen-bond acceptors (Lipinski definition) is 2. The summed E-state index contributed by atoms with van der Waals surface area (Å²) in [6.07, 6.45) is 3.66. The lowest BCUT2D eigenvalue weighted by atomic mass is 9.92. The molecule has 0 radical (unpaired) electrons. The number of benzene rings is 1. The van der Waals surface area contributed by atoms with E-state index in [0.29, 0.717) is 16.6 Å². The van der Waals surface area contributed by atoms with Crippen LogP contribution in [0.1, 0.15) is 24.8 Å². The summed E-state index contributed by atoms with van der Waals surface area (Å²) in [5, 5.41) is 12.8. The van der Waals surface area contributed by atoms with Crippen LogP contribution in [0.25, 0.3) is 0 Å². The molecule has 0 saturated heterocycles. The summed E-state index contributed by atoms with van der Waals surface area (Å²) < 4.78 is 0. The Hall–Kier alpha value is -1.20. The minimum atomic E-state index is 0.525. The van der Waals surface area contributed by atoms with E-state index in [9.17, 15) is 0 Å². The Bertz CT molecular complexity index is 377. The predicted molar refractivity (Wildman–Crippen MR) is 57.4 cm³/mol. The number of rotatable bonds is 2. The molecule has 1 aliphatic rings. The molecule has 1 N–H and O–H groups in total. The van der Waals surface area contributed by atoms with E-state index in [4.69, 9.17) is 16.9 Å². The quantitative estimate of drug-likeness (QED) is 0.807. The second-order valence-electron chi connectivity index (χ2n) is 3.55. The van der Waals surface area contributed by atoms with Crippen LogP contribution in [-0.4, -0.2) is 6.04 Å². The second kappa shape index (κ2) is 3.89. The summed E-state index contributed by atoms with van der Waals surface area (Å²) in [5.74, 6) is 0. The van der Waals surface area contributed by atoms with Gasteiger partial charge in [-0.15, -0.1) is 0 Å². The molecule has 1 fully saturated rings. The molecule has 0 unspecified atom stereocenters. The Labute approximate surface area is 88.5 Å². The van der Waals surface area contributed by atoms with E-state index in [-0.39, 0.29) is 0 Å². The minimum absolute atomic E-state index is 0.525. The van der Waals surface area contributed by atoms with Crippen LogP contribution >= 0.6 is 11.6 Å². The molecular weight excluding hydrogens is 196 g/mol. The summed E-state index contributed by atoms with van der Waals surface area (Å²) in [4.78, 5) is 0. The lowest BCUT2D eigenvalue weighted by molar-refractivity contribution is 0.445. The zero-order valence-electron chi connectivity index (χ0n) is 7.76. The van der Waals surface area contributed by atoms with Crippen LogP contribution in [0.3, 0.4) is 0 Å². The van der Waals surface area contributed by atoms with Gasteiger partial charge in [-0.1, -0.05) is 17.7 Å². The monoisotopic (exact) mass is 206 g/mol. The van der Waals surface area contributed by atoms with Crippen molar-refractivity contribution >= 4 is 17.3 Å². The van der Waals surface area contributed by atoms with Gasteiger partial charge in [-0.25, -0.2) is 0 Å². The lowest BCUT2D eigenvalue weighted by Crippen LogP contribution is -2.27. The molecule has 0 heterocycles. The molecule has 0 spiro atoms. The lowest BCUT2D eigenvalue weighted by Gasteiger charge is -2.28. The van der Waals surface area contributed by atoms with Crippen LogP contribution in [-0.2, 0) is 0 Å². The first-order valence-corrected chi connectivity index (χ1v) is 5.14. The Morgan fingerprint density at radius 1 is 1.43 bits per heavy atom. The maximum atomic E-state index is 8.93. The van der Waals surface area contributed by atoms with Crippen LogP contribution in [0.4, 0.5) is 5.69 Å². The topological polar surface area (TPSA) is 35.8 Å². The van der Waals surface area contributed by atoms with Crippen molar-refractivity contribution in [1.29, 1.82) is 5.26 Å². The fraction of sp³-hybridized carbons (Fsp3) is 0.364. The Balaban J connectivity index is 2.23. The van der Waals surface area contributed by atoms with Gasteiger partial charge in [-0.3, -0.25) is 0 Å². The summed E-state index contributed by atoms with van der Waals surface area (Å²) in [6, 6.07) is 8.16. The highest BCUT2D eigenvalue weighted by molar-refractivity contribution is 6.32. The van der Waals surface area contributed by atoms with Gasteiger partial charge in [-0.05, 0) is 31.4 Å². The molecule has 1 aromatic carbocycles. The molecule has 1 aromatic rings. The molecule has 0 aliphatic heterocycles. The average Bonchev–Trinajstić information content (AvgIpc) is 2.11. The number of hydrogen-bond donors (Lipinski definition) is 1. The van der Waals surface area contributed by atoms with Crippen molar-refractivity contribution in [3.8, 4) is 6.07 Å². The maximum absolute atomic E-state index is 8.93. The molecule has 72 valence electrons. The molecule has 0 atom stereocenters. The fourth-order valence-corrected chi connectivity index (χ4v) is 1.75. The van der Waals surface area contributed by atoms with Gasteiger partial charge in [0.2, 0.25) is 0 Å². The van der Waals surface area contributed by atoms with Crippen molar-refractivity contribution in [2.75, 3.05) is 5.32 Å². The van der Waals surface area contributed by atoms with Gasteiger partial charge in [0.1, 0.15) is 6.07 Å². The molecule has 0 bridgehead atoms. The summed E-state index contributed by atoms with van der Waals surface area (Å²) in [7, 11) is 0. The van der Waals surface area contributed by atoms with Crippen molar-refractivity contribution in [2.24, 2.45) is 0 Å². The van der Waals surface area contributed by atoms with Crippen molar-refractivity contribution in [2.45, 2.75) is 25.3 Å². The van der Waals surface area contributed by atoms with Gasteiger partial charge in [0.15, 0.2) is 0 Å². The van der Waals surface area contributed by atoms with E-state index in [0.717, 1.165) is 5.69 Å². The van der Waals surface area contributed by atoms with Crippen molar-refractivity contribution in [1.82, 2.24) is 0 Å². The van der Waals surface area contributed by atoms with E-state index >= 15 is 0 Å². The third-order valence-corrected chi connectivity index (χ3v) is 2.91. The van der Waals surface area contributed by atoms with Crippen molar-refractivity contribution in [3.05, 3.63) is 28.8 Å². The molecule has 2 rings (SSSR count). The zero-order chi connectivity index (χ0) is 9.97. The largest absolute Gasteiger partial charge is 0.381 e. The Morgan fingerprint density at radius 3 is 2.79 bits per heavy atom. The SMILES string of the molecule is N#Cc1c(Cl)cccc1NC1CCC1. The number of nitrogens with zero attached hydrogens (tertiary/aromatic N) is 1. The first kappa shape index (κ1) is 9.36. The van der Waals surface area contributed by atoms with Crippen molar-refractivity contribution in [3.63, 3.8) is 0 Å². The third-order valence-electron chi connectivity index (χ3n) is 2.59. The second-order valence-corrected chi connectivity index (χ2v) is 3.95. The molecule has 0 aromatic heterocycles. The molecule has 0 amide bonds. The molecule has 14 heavy (non-hydrogen) atoms. The van der Waals surface area contributed by atoms with Gasteiger partial charge in [0, 0.05) is 6.04 Å². The van der Waals surface area contributed by atoms with E-state index in [1.165, 1.54) is 19.3 Å². The zero-order valence-corrected chi connectivity index (χ0v) is 8.51. The highest BCUT2D eigenvalue weighted by atomic mass is 35.5.